The Hall–Kier alpha value is -0.770. The molecular formula is C24H45N5O3. The molecule has 0 aromatic heterocycles. The van der Waals surface area contributed by atoms with Gasteiger partial charge >= 0.3 is 0 Å². The number of nitrogens with one attached hydrogen (secondary N) is 3. The summed E-state index contributed by atoms with van der Waals surface area (Å²) in [6, 6.07) is 1.08. The Morgan fingerprint density at radius 3 is 2.66 bits per heavy atom. The van der Waals surface area contributed by atoms with Crippen molar-refractivity contribution < 1.29 is 14.6 Å². The normalized spacial score (nSPS) is 40.8. The minimum absolute atomic E-state index is 0.0283. The first-order valence-electron chi connectivity index (χ1n) is 12.9. The molecule has 4 rings (SSSR count). The van der Waals surface area contributed by atoms with Crippen LogP contribution in [0.15, 0.2) is 0 Å². The van der Waals surface area contributed by atoms with Crippen molar-refractivity contribution in [3.8, 4) is 0 Å². The lowest BCUT2D eigenvalue weighted by molar-refractivity contribution is -0.137. The molecule has 6 unspecified atom stereocenters. The van der Waals surface area contributed by atoms with Crippen LogP contribution in [0.1, 0.15) is 51.9 Å². The molecule has 0 spiro atoms. The van der Waals surface area contributed by atoms with Crippen LogP contribution in [0.5, 0.6) is 0 Å². The van der Waals surface area contributed by atoms with Gasteiger partial charge in [-0.2, -0.15) is 0 Å². The molecule has 2 aliphatic carbocycles. The first-order valence-corrected chi connectivity index (χ1v) is 12.9. The molecule has 1 amide bonds. The first kappa shape index (κ1) is 24.4. The number of ether oxygens (including phenoxy) is 1. The average Bonchev–Trinajstić information content (AvgIpc) is 3.24. The van der Waals surface area contributed by atoms with Gasteiger partial charge in [-0.25, -0.2) is 0 Å². The standard InChI is InChI=1S/C24H45N5O3/c1-16-14-18(6-9-20(16)24(31)28(2)12-13-30)27-22-23-26-15-21(29(23)11-10-25-22)17-4-7-19(32-3)8-5-17/h16-23,25-27,30H,4-15H2,1-3H3. The number of rotatable bonds is 7. The van der Waals surface area contributed by atoms with E-state index in [4.69, 9.17) is 9.84 Å². The van der Waals surface area contributed by atoms with Crippen LogP contribution in [-0.4, -0.2) is 98.3 Å². The monoisotopic (exact) mass is 451 g/mol. The Kier molecular flexibility index (Phi) is 8.45. The van der Waals surface area contributed by atoms with Crippen LogP contribution in [0, 0.1) is 17.8 Å². The van der Waals surface area contributed by atoms with Crippen LogP contribution in [0.25, 0.3) is 0 Å². The number of aliphatic hydroxyl groups excluding tert-OH is 1. The maximum absolute atomic E-state index is 12.7. The Morgan fingerprint density at radius 1 is 1.19 bits per heavy atom. The number of likely N-dealkylation sites (N-methyl/N-ethyl adjacent to an activating group) is 1. The lowest BCUT2D eigenvalue weighted by Gasteiger charge is -2.45. The van der Waals surface area contributed by atoms with E-state index in [1.807, 2.05) is 7.11 Å². The zero-order chi connectivity index (χ0) is 22.7. The fourth-order valence-electron chi connectivity index (χ4n) is 6.77. The highest BCUT2D eigenvalue weighted by Crippen LogP contribution is 2.35. The molecule has 8 nitrogen and oxygen atoms in total. The molecular weight excluding hydrogens is 406 g/mol. The number of carbonyl (C=O) groups is 1. The van der Waals surface area contributed by atoms with E-state index in [0.29, 0.717) is 36.8 Å². The van der Waals surface area contributed by atoms with Gasteiger partial charge in [0.25, 0.3) is 0 Å². The van der Waals surface area contributed by atoms with Crippen molar-refractivity contribution >= 4 is 5.91 Å². The highest BCUT2D eigenvalue weighted by molar-refractivity contribution is 5.79. The third-order valence-electron chi connectivity index (χ3n) is 8.68. The van der Waals surface area contributed by atoms with Gasteiger partial charge in [0.2, 0.25) is 5.91 Å². The topological polar surface area (TPSA) is 89.1 Å². The number of fused-ring (bicyclic) bond motifs is 1. The van der Waals surface area contributed by atoms with Crippen LogP contribution in [-0.2, 0) is 9.53 Å². The average molecular weight is 452 g/mol. The second kappa shape index (κ2) is 11.1. The summed E-state index contributed by atoms with van der Waals surface area (Å²) in [7, 11) is 3.66. The summed E-state index contributed by atoms with van der Waals surface area (Å²) in [5.74, 6) is 1.40. The minimum Gasteiger partial charge on any atom is -0.395 e. The van der Waals surface area contributed by atoms with E-state index in [1.54, 1.807) is 11.9 Å². The van der Waals surface area contributed by atoms with E-state index in [1.165, 1.54) is 25.7 Å². The van der Waals surface area contributed by atoms with Crippen LogP contribution in [0.3, 0.4) is 0 Å². The van der Waals surface area contributed by atoms with E-state index >= 15 is 0 Å². The van der Waals surface area contributed by atoms with E-state index < -0.39 is 0 Å². The summed E-state index contributed by atoms with van der Waals surface area (Å²) in [5.41, 5.74) is 0. The van der Waals surface area contributed by atoms with Gasteiger partial charge in [0, 0.05) is 58.3 Å². The minimum atomic E-state index is 0.0283. The van der Waals surface area contributed by atoms with Crippen molar-refractivity contribution in [2.45, 2.75) is 82.4 Å². The summed E-state index contributed by atoms with van der Waals surface area (Å²) in [5, 5.41) is 20.6. The molecule has 4 fully saturated rings. The summed E-state index contributed by atoms with van der Waals surface area (Å²) in [6.07, 6.45) is 8.99. The number of aliphatic hydroxyl groups is 1. The van der Waals surface area contributed by atoms with Gasteiger partial charge in [0.05, 0.1) is 25.0 Å². The fraction of sp³-hybridized carbons (Fsp3) is 0.958. The third kappa shape index (κ3) is 5.31. The predicted molar refractivity (Wildman–Crippen MR) is 125 cm³/mol. The van der Waals surface area contributed by atoms with E-state index in [-0.39, 0.29) is 24.6 Å². The van der Waals surface area contributed by atoms with Gasteiger partial charge in [-0.05, 0) is 56.8 Å². The predicted octanol–water partition coefficient (Wildman–Crippen LogP) is 0.566. The molecule has 2 saturated heterocycles. The molecule has 4 N–H and O–H groups in total. The lowest BCUT2D eigenvalue weighted by Crippen LogP contribution is -2.67. The number of methoxy groups -OCH3 is 1. The molecule has 0 bridgehead atoms. The van der Waals surface area contributed by atoms with Gasteiger partial charge in [-0.3, -0.25) is 25.6 Å². The van der Waals surface area contributed by atoms with Gasteiger partial charge in [-0.1, -0.05) is 6.92 Å². The maximum Gasteiger partial charge on any atom is 0.225 e. The van der Waals surface area contributed by atoms with Crippen molar-refractivity contribution in [1.82, 2.24) is 25.8 Å². The lowest BCUT2D eigenvalue weighted by atomic mass is 9.77. The van der Waals surface area contributed by atoms with Crippen LogP contribution in [0.4, 0.5) is 0 Å². The van der Waals surface area contributed by atoms with E-state index in [2.05, 4.69) is 27.8 Å². The fourth-order valence-corrected chi connectivity index (χ4v) is 6.77. The smallest absolute Gasteiger partial charge is 0.225 e. The Morgan fingerprint density at radius 2 is 1.97 bits per heavy atom. The molecule has 184 valence electrons. The van der Waals surface area contributed by atoms with Gasteiger partial charge in [-0.15, -0.1) is 0 Å². The number of hydrogen-bond donors (Lipinski definition) is 4. The molecule has 0 radical (unpaired) electrons. The molecule has 2 heterocycles. The third-order valence-corrected chi connectivity index (χ3v) is 8.68. The zero-order valence-electron chi connectivity index (χ0n) is 20.3. The summed E-state index contributed by atoms with van der Waals surface area (Å²) >= 11 is 0. The molecule has 8 heteroatoms. The van der Waals surface area contributed by atoms with Crippen molar-refractivity contribution in [2.75, 3.05) is 46.9 Å². The molecule has 4 aliphatic rings. The maximum atomic E-state index is 12.7. The van der Waals surface area contributed by atoms with Crippen LogP contribution >= 0.6 is 0 Å². The molecule has 2 saturated carbocycles. The zero-order valence-corrected chi connectivity index (χ0v) is 20.3. The Bertz CT molecular complexity index is 614. The van der Waals surface area contributed by atoms with Crippen molar-refractivity contribution in [3.05, 3.63) is 0 Å². The second-order valence-electron chi connectivity index (χ2n) is 10.6. The SMILES string of the molecule is COC1CCC(C2CNC3C(NC4CCC(C(=O)N(C)CCO)C(C)C4)NCCN23)CC1. The van der Waals surface area contributed by atoms with Gasteiger partial charge in [0.15, 0.2) is 0 Å². The number of amides is 1. The van der Waals surface area contributed by atoms with Gasteiger partial charge in [0.1, 0.15) is 0 Å². The summed E-state index contributed by atoms with van der Waals surface area (Å²) < 4.78 is 5.58. The van der Waals surface area contributed by atoms with Crippen molar-refractivity contribution in [2.24, 2.45) is 17.8 Å². The van der Waals surface area contributed by atoms with E-state index in [9.17, 15) is 4.79 Å². The van der Waals surface area contributed by atoms with Crippen molar-refractivity contribution in [1.29, 1.82) is 0 Å². The molecule has 0 aromatic carbocycles. The summed E-state index contributed by atoms with van der Waals surface area (Å²) in [4.78, 5) is 17.1. The van der Waals surface area contributed by atoms with Gasteiger partial charge < -0.3 is 14.7 Å². The molecule has 2 aliphatic heterocycles. The highest BCUT2D eigenvalue weighted by atomic mass is 16.5. The number of hydrogen-bond acceptors (Lipinski definition) is 7. The van der Waals surface area contributed by atoms with Crippen LogP contribution in [0.2, 0.25) is 0 Å². The summed E-state index contributed by atoms with van der Waals surface area (Å²) in [6.45, 7) is 5.88. The molecule has 0 aromatic rings. The quantitative estimate of drug-likeness (QED) is 0.450. The van der Waals surface area contributed by atoms with E-state index in [0.717, 1.165) is 44.8 Å². The highest BCUT2D eigenvalue weighted by Gasteiger charge is 2.45. The largest absolute Gasteiger partial charge is 0.395 e. The second-order valence-corrected chi connectivity index (χ2v) is 10.6. The molecule has 32 heavy (non-hydrogen) atoms. The number of piperazine rings is 1. The number of carbonyl (C=O) groups excluding carboxylic acids is 1. The van der Waals surface area contributed by atoms with Crippen LogP contribution < -0.4 is 16.0 Å². The first-order chi connectivity index (χ1) is 15.5. The Balaban J connectivity index is 1.29. The number of nitrogens with zero attached hydrogens (tertiary/aromatic N) is 2. The Labute approximate surface area is 193 Å². The van der Waals surface area contributed by atoms with Crippen molar-refractivity contribution in [3.63, 3.8) is 0 Å². The molecule has 6 atom stereocenters.